The average Bonchev–Trinajstić information content (AvgIpc) is 2.73. The zero-order valence-electron chi connectivity index (χ0n) is 10.0. The summed E-state index contributed by atoms with van der Waals surface area (Å²) < 4.78 is 0. The molecular weight excluding hydrogens is 198 g/mol. The molecule has 5 unspecified atom stereocenters. The first-order valence-electron chi connectivity index (χ1n) is 7.06. The lowest BCUT2D eigenvalue weighted by atomic mass is 9.61. The maximum absolute atomic E-state index is 11.4. The van der Waals surface area contributed by atoms with Crippen LogP contribution >= 0.6 is 0 Å². The van der Waals surface area contributed by atoms with Crippen molar-refractivity contribution in [1.29, 1.82) is 0 Å². The highest BCUT2D eigenvalue weighted by Crippen LogP contribution is 2.54. The van der Waals surface area contributed by atoms with Gasteiger partial charge >= 0.3 is 0 Å². The number of hydrogen-bond donors (Lipinski definition) is 1. The lowest BCUT2D eigenvalue weighted by Crippen LogP contribution is -2.38. The Morgan fingerprint density at radius 1 is 0.812 bits per heavy atom. The molecule has 0 radical (unpaired) electrons. The number of carbonyl (C=O) groups excluding carboxylic acids is 1. The average molecular weight is 221 g/mol. The van der Waals surface area contributed by atoms with E-state index in [1.54, 1.807) is 0 Å². The van der Waals surface area contributed by atoms with Crippen molar-refractivity contribution in [1.82, 2.24) is 0 Å². The van der Waals surface area contributed by atoms with Gasteiger partial charge in [0.15, 0.2) is 0 Å². The van der Waals surface area contributed by atoms with Crippen LogP contribution < -0.4 is 5.73 Å². The van der Waals surface area contributed by atoms with E-state index < -0.39 is 0 Å². The Labute approximate surface area is 98.0 Å². The van der Waals surface area contributed by atoms with Crippen LogP contribution in [0, 0.1) is 29.6 Å². The zero-order valence-corrected chi connectivity index (χ0v) is 10.0. The van der Waals surface area contributed by atoms with E-state index in [-0.39, 0.29) is 11.8 Å². The fourth-order valence-electron chi connectivity index (χ4n) is 4.96. The second-order valence-electron chi connectivity index (χ2n) is 6.20. The van der Waals surface area contributed by atoms with Crippen molar-refractivity contribution in [3.8, 4) is 0 Å². The Hall–Kier alpha value is -0.530. The fourth-order valence-corrected chi connectivity index (χ4v) is 4.96. The first-order valence-corrected chi connectivity index (χ1v) is 7.06. The standard InChI is InChI=1S/C14H23NO/c15-14(16)13-8-7-11-10-4-2-1-3-9(10)5-6-12(11)13/h9-13H,1-8H2,(H2,15,16). The maximum Gasteiger partial charge on any atom is 0.220 e. The summed E-state index contributed by atoms with van der Waals surface area (Å²) in [4.78, 5) is 11.4. The second kappa shape index (κ2) is 4.05. The maximum atomic E-state index is 11.4. The number of fused-ring (bicyclic) bond motifs is 3. The van der Waals surface area contributed by atoms with Crippen molar-refractivity contribution in [2.75, 3.05) is 0 Å². The van der Waals surface area contributed by atoms with Crippen molar-refractivity contribution < 1.29 is 4.79 Å². The summed E-state index contributed by atoms with van der Waals surface area (Å²) in [5.41, 5.74) is 5.53. The molecule has 3 aliphatic carbocycles. The lowest BCUT2D eigenvalue weighted by molar-refractivity contribution is -0.123. The van der Waals surface area contributed by atoms with Gasteiger partial charge in [-0.15, -0.1) is 0 Å². The van der Waals surface area contributed by atoms with E-state index in [0.717, 1.165) is 24.2 Å². The van der Waals surface area contributed by atoms with Crippen molar-refractivity contribution >= 4 is 5.91 Å². The van der Waals surface area contributed by atoms with Gasteiger partial charge in [0, 0.05) is 5.92 Å². The van der Waals surface area contributed by atoms with Gasteiger partial charge in [0.05, 0.1) is 0 Å². The minimum absolute atomic E-state index is 0.0261. The molecule has 3 saturated carbocycles. The first kappa shape index (κ1) is 10.6. The minimum atomic E-state index is -0.0261. The van der Waals surface area contributed by atoms with Gasteiger partial charge < -0.3 is 5.73 Å². The number of nitrogens with two attached hydrogens (primary N) is 1. The number of primary amides is 1. The summed E-state index contributed by atoms with van der Waals surface area (Å²) in [6.45, 7) is 0. The molecule has 0 aromatic heterocycles. The number of amides is 1. The molecular formula is C14H23NO. The highest BCUT2D eigenvalue weighted by Gasteiger charge is 2.47. The van der Waals surface area contributed by atoms with Crippen LogP contribution in [0.4, 0.5) is 0 Å². The van der Waals surface area contributed by atoms with Crippen LogP contribution in [0.1, 0.15) is 51.4 Å². The predicted octanol–water partition coefficient (Wildman–Crippen LogP) is 2.71. The molecule has 0 aromatic rings. The summed E-state index contributed by atoms with van der Waals surface area (Å²) in [5, 5.41) is 0. The molecule has 0 aliphatic heterocycles. The largest absolute Gasteiger partial charge is 0.369 e. The van der Waals surface area contributed by atoms with Gasteiger partial charge in [0.25, 0.3) is 0 Å². The predicted molar refractivity (Wildman–Crippen MR) is 63.6 cm³/mol. The Bertz CT molecular complexity index is 288. The van der Waals surface area contributed by atoms with Crippen LogP contribution in [0.25, 0.3) is 0 Å². The minimum Gasteiger partial charge on any atom is -0.369 e. The van der Waals surface area contributed by atoms with E-state index in [1.165, 1.54) is 44.9 Å². The molecule has 0 heterocycles. The molecule has 2 nitrogen and oxygen atoms in total. The highest BCUT2D eigenvalue weighted by molar-refractivity contribution is 5.77. The Balaban J connectivity index is 1.77. The molecule has 5 atom stereocenters. The summed E-state index contributed by atoms with van der Waals surface area (Å²) in [5.74, 6) is 3.61. The molecule has 2 N–H and O–H groups in total. The van der Waals surface area contributed by atoms with Crippen LogP contribution in [0.15, 0.2) is 0 Å². The molecule has 2 heteroatoms. The summed E-state index contributed by atoms with van der Waals surface area (Å²) in [7, 11) is 0. The van der Waals surface area contributed by atoms with Crippen molar-refractivity contribution in [2.24, 2.45) is 35.3 Å². The Kier molecular flexibility index (Phi) is 2.68. The molecule has 3 rings (SSSR count). The molecule has 90 valence electrons. The van der Waals surface area contributed by atoms with Crippen LogP contribution in [0.3, 0.4) is 0 Å². The normalized spacial score (nSPS) is 47.1. The van der Waals surface area contributed by atoms with Crippen LogP contribution in [0.5, 0.6) is 0 Å². The molecule has 1 amide bonds. The van der Waals surface area contributed by atoms with Crippen LogP contribution in [-0.2, 0) is 4.79 Å². The van der Waals surface area contributed by atoms with Crippen molar-refractivity contribution in [2.45, 2.75) is 51.4 Å². The third kappa shape index (κ3) is 1.57. The quantitative estimate of drug-likeness (QED) is 0.727. The van der Waals surface area contributed by atoms with Gasteiger partial charge in [0.1, 0.15) is 0 Å². The van der Waals surface area contributed by atoms with Gasteiger partial charge in [-0.1, -0.05) is 19.3 Å². The molecule has 0 saturated heterocycles. The Morgan fingerprint density at radius 2 is 1.56 bits per heavy atom. The third-order valence-electron chi connectivity index (χ3n) is 5.63. The van der Waals surface area contributed by atoms with E-state index in [0.29, 0.717) is 5.92 Å². The topological polar surface area (TPSA) is 43.1 Å². The Morgan fingerprint density at radius 3 is 2.38 bits per heavy atom. The van der Waals surface area contributed by atoms with Gasteiger partial charge in [0.2, 0.25) is 5.91 Å². The monoisotopic (exact) mass is 221 g/mol. The highest BCUT2D eigenvalue weighted by atomic mass is 16.1. The van der Waals surface area contributed by atoms with Crippen LogP contribution in [0.2, 0.25) is 0 Å². The third-order valence-corrected chi connectivity index (χ3v) is 5.63. The molecule has 3 fully saturated rings. The van der Waals surface area contributed by atoms with Crippen LogP contribution in [-0.4, -0.2) is 5.91 Å². The number of hydrogen-bond acceptors (Lipinski definition) is 1. The van der Waals surface area contributed by atoms with Gasteiger partial charge in [-0.05, 0) is 55.8 Å². The molecule has 0 aromatic carbocycles. The van der Waals surface area contributed by atoms with E-state index in [9.17, 15) is 4.79 Å². The summed E-state index contributed by atoms with van der Waals surface area (Å²) in [6, 6.07) is 0. The van der Waals surface area contributed by atoms with Gasteiger partial charge in [-0.2, -0.15) is 0 Å². The van der Waals surface area contributed by atoms with E-state index >= 15 is 0 Å². The first-order chi connectivity index (χ1) is 7.77. The number of carbonyl (C=O) groups is 1. The number of rotatable bonds is 1. The molecule has 3 aliphatic rings. The van der Waals surface area contributed by atoms with E-state index in [2.05, 4.69) is 0 Å². The fraction of sp³-hybridized carbons (Fsp3) is 0.929. The summed E-state index contributed by atoms with van der Waals surface area (Å²) in [6.07, 6.45) is 10.7. The second-order valence-corrected chi connectivity index (χ2v) is 6.20. The molecule has 0 bridgehead atoms. The van der Waals surface area contributed by atoms with Gasteiger partial charge in [-0.25, -0.2) is 0 Å². The van der Waals surface area contributed by atoms with Crippen molar-refractivity contribution in [3.05, 3.63) is 0 Å². The smallest absolute Gasteiger partial charge is 0.220 e. The zero-order chi connectivity index (χ0) is 11.1. The van der Waals surface area contributed by atoms with E-state index in [4.69, 9.17) is 5.73 Å². The summed E-state index contributed by atoms with van der Waals surface area (Å²) >= 11 is 0. The SMILES string of the molecule is NC(=O)C1CCC2C3CCCCC3CCC12. The van der Waals surface area contributed by atoms with E-state index in [1.807, 2.05) is 0 Å². The molecule has 0 spiro atoms. The van der Waals surface area contributed by atoms with Crippen molar-refractivity contribution in [3.63, 3.8) is 0 Å². The van der Waals surface area contributed by atoms with Gasteiger partial charge in [-0.3, -0.25) is 4.79 Å². The lowest BCUT2D eigenvalue weighted by Gasteiger charge is -2.44. The molecule has 16 heavy (non-hydrogen) atoms.